The van der Waals surface area contributed by atoms with Crippen molar-refractivity contribution in [3.8, 4) is 23.0 Å². The Labute approximate surface area is 190 Å². The summed E-state index contributed by atoms with van der Waals surface area (Å²) in [7, 11) is 0. The van der Waals surface area contributed by atoms with Crippen LogP contribution in [0.3, 0.4) is 0 Å². The van der Waals surface area contributed by atoms with Crippen LogP contribution >= 0.6 is 0 Å². The third-order valence-electron chi connectivity index (χ3n) is 4.75. The van der Waals surface area contributed by atoms with E-state index in [1.807, 2.05) is 6.07 Å². The van der Waals surface area contributed by atoms with Crippen LogP contribution in [0.2, 0.25) is 0 Å². The van der Waals surface area contributed by atoms with Crippen LogP contribution in [0.25, 0.3) is 16.9 Å². The van der Waals surface area contributed by atoms with Gasteiger partial charge >= 0.3 is 0 Å². The molecule has 0 radical (unpaired) electrons. The SMILES string of the molecule is [2H]C1([2H])NC(=O)c2c(-n3ccc(N4C([2H])([2H])CC(O)(C([2H])([2H])[2H])C4([2H])[2H])n3)cc(-c3c(F)cccc3C#N)nc21. The Morgan fingerprint density at radius 1 is 1.42 bits per heavy atom. The molecule has 3 aromatic rings. The van der Waals surface area contributed by atoms with Crippen molar-refractivity contribution >= 4 is 11.7 Å². The summed E-state index contributed by atoms with van der Waals surface area (Å²) < 4.78 is 88.5. The zero-order valence-electron chi connectivity index (χ0n) is 24.6. The molecule has 2 aromatic heterocycles. The van der Waals surface area contributed by atoms with Crippen molar-refractivity contribution in [3.63, 3.8) is 0 Å². The normalized spacial score (nSPS) is 29.5. The van der Waals surface area contributed by atoms with Crippen LogP contribution in [0, 0.1) is 17.1 Å². The average Bonchev–Trinajstić information content (AvgIpc) is 3.42. The monoisotopic (exact) mass is 427 g/mol. The highest BCUT2D eigenvalue weighted by Crippen LogP contribution is 2.32. The Bertz CT molecular complexity index is 1620. The maximum Gasteiger partial charge on any atom is 0.255 e. The number of nitrogens with zero attached hydrogens (tertiary/aromatic N) is 5. The Kier molecular flexibility index (Phi) is 2.57. The topological polar surface area (TPSA) is 107 Å². The van der Waals surface area contributed by atoms with Gasteiger partial charge in [0, 0.05) is 32.1 Å². The summed E-state index contributed by atoms with van der Waals surface area (Å²) in [5, 5.41) is 26.5. The molecule has 0 spiro atoms. The molecule has 1 saturated heterocycles. The molecule has 0 saturated carbocycles. The van der Waals surface area contributed by atoms with Gasteiger partial charge < -0.3 is 15.3 Å². The van der Waals surface area contributed by atoms with E-state index in [-0.39, 0.29) is 28.1 Å². The van der Waals surface area contributed by atoms with Crippen molar-refractivity contribution in [2.45, 2.75) is 25.4 Å². The van der Waals surface area contributed by atoms with Crippen LogP contribution in [0.15, 0.2) is 36.5 Å². The van der Waals surface area contributed by atoms with Crippen molar-refractivity contribution < 1.29 is 26.6 Å². The molecule has 2 aliphatic rings. The molecule has 9 heteroatoms. The minimum atomic E-state index is -3.30. The van der Waals surface area contributed by atoms with Gasteiger partial charge in [0.1, 0.15) is 5.82 Å². The van der Waals surface area contributed by atoms with Gasteiger partial charge in [0.25, 0.3) is 5.91 Å². The summed E-state index contributed by atoms with van der Waals surface area (Å²) in [6, 6.07) is 7.80. The fourth-order valence-corrected chi connectivity index (χ4v) is 3.37. The molecule has 1 amide bonds. The second kappa shape index (κ2) is 6.89. The van der Waals surface area contributed by atoms with Crippen molar-refractivity contribution in [1.29, 1.82) is 5.26 Å². The lowest BCUT2D eigenvalue weighted by Crippen LogP contribution is -2.29. The fraction of sp³-hybridized carbons (Fsp3) is 0.273. The van der Waals surface area contributed by atoms with E-state index in [9.17, 15) is 19.6 Å². The summed E-state index contributed by atoms with van der Waals surface area (Å²) in [6.07, 6.45) is 0.0549. The number of benzene rings is 1. The summed E-state index contributed by atoms with van der Waals surface area (Å²) in [5.74, 6) is -2.20. The number of nitrogens with one attached hydrogen (secondary N) is 1. The maximum absolute atomic E-state index is 14.9. The fourth-order valence-electron chi connectivity index (χ4n) is 3.37. The van der Waals surface area contributed by atoms with E-state index in [0.29, 0.717) is 4.90 Å². The number of hydrogen-bond acceptors (Lipinski definition) is 6. The highest BCUT2D eigenvalue weighted by Gasteiger charge is 2.33. The lowest BCUT2D eigenvalue weighted by molar-refractivity contribution is 0.0838. The highest BCUT2D eigenvalue weighted by atomic mass is 19.1. The minimum absolute atomic E-state index is 0.125. The zero-order valence-corrected chi connectivity index (χ0v) is 15.6. The van der Waals surface area contributed by atoms with Crippen LogP contribution in [0.1, 0.15) is 47.2 Å². The van der Waals surface area contributed by atoms with E-state index in [4.69, 9.17) is 12.3 Å². The number of rotatable bonds is 3. The number of pyridine rings is 1. The number of aliphatic hydroxyl groups is 1. The molecule has 31 heavy (non-hydrogen) atoms. The van der Waals surface area contributed by atoms with Gasteiger partial charge in [-0.15, -0.1) is 0 Å². The summed E-state index contributed by atoms with van der Waals surface area (Å²) in [4.78, 5) is 17.3. The van der Waals surface area contributed by atoms with E-state index in [1.165, 1.54) is 24.4 Å². The molecular weight excluding hydrogens is 399 g/mol. The first-order valence-electron chi connectivity index (χ1n) is 13.5. The number of hydrogen-bond donors (Lipinski definition) is 2. The number of β-amino-alcohol motifs (C(OH)–C–C–N with tert-alkyl or cyclic N) is 1. The van der Waals surface area contributed by atoms with Crippen LogP contribution in [0.4, 0.5) is 10.2 Å². The van der Waals surface area contributed by atoms with E-state index in [1.54, 1.807) is 0 Å². The van der Waals surface area contributed by atoms with Gasteiger partial charge in [0.15, 0.2) is 5.82 Å². The first-order chi connectivity index (χ1) is 18.4. The predicted octanol–water partition coefficient (Wildman–Crippen LogP) is 2.15. The molecule has 5 rings (SSSR count). The van der Waals surface area contributed by atoms with E-state index in [2.05, 4.69) is 15.4 Å². The van der Waals surface area contributed by atoms with Crippen molar-refractivity contribution in [1.82, 2.24) is 20.1 Å². The molecule has 1 fully saturated rings. The van der Waals surface area contributed by atoms with Crippen LogP contribution in [0.5, 0.6) is 0 Å². The van der Waals surface area contributed by atoms with Crippen LogP contribution < -0.4 is 10.2 Å². The lowest BCUT2D eigenvalue weighted by Gasteiger charge is -2.18. The molecule has 1 aromatic carbocycles. The second-order valence-electron chi connectivity index (χ2n) is 6.86. The quantitative estimate of drug-likeness (QED) is 0.663. The molecule has 1 unspecified atom stereocenters. The molecule has 8 nitrogen and oxygen atoms in total. The molecule has 156 valence electrons. The van der Waals surface area contributed by atoms with Gasteiger partial charge in [-0.1, -0.05) is 6.07 Å². The maximum atomic E-state index is 14.9. The van der Waals surface area contributed by atoms with Crippen molar-refractivity contribution in [3.05, 3.63) is 59.2 Å². The largest absolute Gasteiger partial charge is 0.388 e. The number of fused-ring (bicyclic) bond motifs is 1. The van der Waals surface area contributed by atoms with Gasteiger partial charge in [-0.05, 0) is 31.5 Å². The van der Waals surface area contributed by atoms with E-state index < -0.39 is 61.6 Å². The number of amides is 1. The molecule has 2 N–H and O–H groups in total. The number of anilines is 1. The summed E-state index contributed by atoms with van der Waals surface area (Å²) >= 11 is 0. The average molecular weight is 427 g/mol. The first kappa shape index (κ1) is 11.6. The Morgan fingerprint density at radius 3 is 3.06 bits per heavy atom. The molecule has 2 aliphatic heterocycles. The highest BCUT2D eigenvalue weighted by molar-refractivity contribution is 6.01. The van der Waals surface area contributed by atoms with Gasteiger partial charge in [-0.2, -0.15) is 10.4 Å². The first-order valence-corrected chi connectivity index (χ1v) is 9.01. The Morgan fingerprint density at radius 2 is 2.29 bits per heavy atom. The van der Waals surface area contributed by atoms with Gasteiger partial charge in [-0.3, -0.25) is 4.79 Å². The number of carbonyl (C=O) groups is 1. The molecular formula is C22H19FN6O2. The minimum Gasteiger partial charge on any atom is -0.388 e. The predicted molar refractivity (Wildman–Crippen MR) is 110 cm³/mol. The van der Waals surface area contributed by atoms with E-state index >= 15 is 0 Å². The smallest absolute Gasteiger partial charge is 0.255 e. The van der Waals surface area contributed by atoms with Crippen molar-refractivity contribution in [2.24, 2.45) is 0 Å². The number of aromatic nitrogens is 3. The second-order valence-corrected chi connectivity index (χ2v) is 6.86. The zero-order chi connectivity index (χ0) is 29.6. The van der Waals surface area contributed by atoms with Crippen LogP contribution in [-0.2, 0) is 6.50 Å². The number of nitriles is 1. The van der Waals surface area contributed by atoms with Crippen molar-refractivity contribution in [2.75, 3.05) is 17.9 Å². The molecule has 4 heterocycles. The number of halogens is 1. The lowest BCUT2D eigenvalue weighted by atomic mass is 10.0. The Hall–Kier alpha value is -3.77. The van der Waals surface area contributed by atoms with Gasteiger partial charge in [-0.25, -0.2) is 14.1 Å². The molecule has 1 atom stereocenters. The summed E-state index contributed by atoms with van der Waals surface area (Å²) in [6.45, 7) is -11.7. The summed E-state index contributed by atoms with van der Waals surface area (Å²) in [5.41, 5.74) is -4.62. The van der Waals surface area contributed by atoms with Gasteiger partial charge in [0.2, 0.25) is 0 Å². The van der Waals surface area contributed by atoms with Crippen LogP contribution in [-0.4, -0.2) is 44.4 Å². The number of carbonyl (C=O) groups excluding carboxylic acids is 1. The standard InChI is InChI=1S/C22H19FN6O2/c1-22(31)6-8-28(12-22)18-5-7-29(27-18)17-9-15(26-16-11-25-21(30)20(16)17)19-13(10-24)3-2-4-14(19)23/h2-5,7,9,31H,6,8,11-12H2,1H3,(H,25,30)/i1D3,8D2,11D2,12D2. The van der Waals surface area contributed by atoms with E-state index in [0.717, 1.165) is 16.8 Å². The Balaban J connectivity index is 1.72. The third kappa shape index (κ3) is 3.21. The molecule has 0 aliphatic carbocycles. The van der Waals surface area contributed by atoms with Gasteiger partial charge in [0.05, 0.1) is 57.4 Å². The third-order valence-corrected chi connectivity index (χ3v) is 4.75. The molecule has 0 bridgehead atoms.